The van der Waals surface area contributed by atoms with E-state index < -0.39 is 23.2 Å². The number of carboxylic acid groups (broad SMARTS) is 2. The summed E-state index contributed by atoms with van der Waals surface area (Å²) >= 11 is 0. The third kappa shape index (κ3) is 8.88. The summed E-state index contributed by atoms with van der Waals surface area (Å²) in [6, 6.07) is 22.4. The lowest BCUT2D eigenvalue weighted by atomic mass is 10.1. The van der Waals surface area contributed by atoms with Gasteiger partial charge in [-0.15, -0.1) is 0 Å². The third-order valence-electron chi connectivity index (χ3n) is 8.53. The van der Waals surface area contributed by atoms with Crippen molar-refractivity contribution in [3.63, 3.8) is 0 Å². The Balaban J connectivity index is 0.835. The van der Waals surface area contributed by atoms with Gasteiger partial charge in [-0.2, -0.15) is 0 Å². The Morgan fingerprint density at radius 2 is 0.885 bits per heavy atom. The number of aromatic nitrogens is 2. The normalized spacial score (nSPS) is 11.2. The number of carbonyl (C=O) groups is 2. The smallest absolute Gasteiger partial charge is 0.347 e. The van der Waals surface area contributed by atoms with Crippen molar-refractivity contribution in [3.05, 3.63) is 117 Å². The van der Waals surface area contributed by atoms with Crippen LogP contribution in [0.25, 0.3) is 44.7 Å². The van der Waals surface area contributed by atoms with Crippen molar-refractivity contribution >= 4 is 33.7 Å². The number of hydrogen-bond donors (Lipinski definition) is 2. The van der Waals surface area contributed by atoms with Gasteiger partial charge < -0.3 is 28.5 Å². The molecule has 0 fully saturated rings. The molecule has 6 aromatic rings. The first-order chi connectivity index (χ1) is 25.2. The SMILES string of the molecule is O=C(O)c1ccc2c(=O)oc(-c3ccc(OCCCCCCCCCCOc4ccc(-c5nc6cc(C(=O)O)ccc6c(=O)o5)cc4)cc3)nc2c1. The van der Waals surface area contributed by atoms with Gasteiger partial charge in [0, 0.05) is 11.1 Å². The first-order valence-electron chi connectivity index (χ1n) is 17.1. The number of ether oxygens (including phenoxy) is 2. The lowest BCUT2D eigenvalue weighted by Gasteiger charge is -2.08. The molecule has 266 valence electrons. The highest BCUT2D eigenvalue weighted by atomic mass is 16.5. The molecular formula is C40H36N2O10. The van der Waals surface area contributed by atoms with E-state index in [1.165, 1.54) is 36.4 Å². The van der Waals surface area contributed by atoms with Crippen LogP contribution in [0.5, 0.6) is 11.5 Å². The quantitative estimate of drug-likeness (QED) is 0.0875. The molecule has 2 N–H and O–H groups in total. The van der Waals surface area contributed by atoms with E-state index in [0.29, 0.717) is 35.8 Å². The summed E-state index contributed by atoms with van der Waals surface area (Å²) in [5.74, 6) is -0.572. The number of benzene rings is 4. The number of aromatic carboxylic acids is 2. The number of fused-ring (bicyclic) bond motifs is 2. The molecule has 2 aromatic heterocycles. The second kappa shape index (κ2) is 16.6. The van der Waals surface area contributed by atoms with Crippen LogP contribution in [-0.4, -0.2) is 45.3 Å². The zero-order chi connectivity index (χ0) is 36.5. The van der Waals surface area contributed by atoms with Crippen molar-refractivity contribution in [2.75, 3.05) is 13.2 Å². The zero-order valence-electron chi connectivity index (χ0n) is 28.2. The molecule has 12 nitrogen and oxygen atoms in total. The van der Waals surface area contributed by atoms with Gasteiger partial charge in [0.2, 0.25) is 11.8 Å². The van der Waals surface area contributed by atoms with Crippen LogP contribution in [-0.2, 0) is 0 Å². The van der Waals surface area contributed by atoms with Crippen LogP contribution < -0.4 is 20.7 Å². The predicted molar refractivity (Wildman–Crippen MR) is 193 cm³/mol. The van der Waals surface area contributed by atoms with E-state index >= 15 is 0 Å². The topological polar surface area (TPSA) is 179 Å². The van der Waals surface area contributed by atoms with Crippen molar-refractivity contribution in [1.29, 1.82) is 0 Å². The van der Waals surface area contributed by atoms with Crippen molar-refractivity contribution in [1.82, 2.24) is 9.97 Å². The van der Waals surface area contributed by atoms with E-state index in [1.54, 1.807) is 48.5 Å². The van der Waals surface area contributed by atoms with Crippen LogP contribution >= 0.6 is 0 Å². The fraction of sp³-hybridized carbons (Fsp3) is 0.250. The molecule has 0 atom stereocenters. The summed E-state index contributed by atoms with van der Waals surface area (Å²) in [4.78, 5) is 56.1. The first-order valence-corrected chi connectivity index (χ1v) is 17.1. The van der Waals surface area contributed by atoms with E-state index in [9.17, 15) is 29.4 Å². The molecule has 0 aliphatic rings. The third-order valence-corrected chi connectivity index (χ3v) is 8.53. The molecule has 0 amide bonds. The molecule has 0 unspecified atom stereocenters. The zero-order valence-corrected chi connectivity index (χ0v) is 28.2. The van der Waals surface area contributed by atoms with Gasteiger partial charge >= 0.3 is 23.2 Å². The molecule has 0 saturated carbocycles. The van der Waals surface area contributed by atoms with Gasteiger partial charge in [-0.1, -0.05) is 38.5 Å². The van der Waals surface area contributed by atoms with E-state index in [-0.39, 0.29) is 44.7 Å². The largest absolute Gasteiger partial charge is 0.494 e. The van der Waals surface area contributed by atoms with Crippen LogP contribution in [0.1, 0.15) is 72.1 Å². The average Bonchev–Trinajstić information content (AvgIpc) is 3.15. The van der Waals surface area contributed by atoms with Gasteiger partial charge in [0.25, 0.3) is 0 Å². The van der Waals surface area contributed by atoms with Gasteiger partial charge in [-0.25, -0.2) is 29.1 Å². The first kappa shape index (κ1) is 35.5. The number of hydrogen-bond acceptors (Lipinski definition) is 10. The predicted octanol–water partition coefficient (Wildman–Crippen LogP) is 8.00. The molecule has 52 heavy (non-hydrogen) atoms. The highest BCUT2D eigenvalue weighted by Crippen LogP contribution is 2.24. The monoisotopic (exact) mass is 704 g/mol. The van der Waals surface area contributed by atoms with Crippen molar-refractivity contribution in [3.8, 4) is 34.4 Å². The summed E-state index contributed by atoms with van der Waals surface area (Å²) in [5.41, 5.74) is 0.621. The van der Waals surface area contributed by atoms with Crippen LogP contribution in [0.2, 0.25) is 0 Å². The van der Waals surface area contributed by atoms with Crippen LogP contribution in [0.4, 0.5) is 0 Å². The molecule has 0 saturated heterocycles. The van der Waals surface area contributed by atoms with E-state index in [2.05, 4.69) is 9.97 Å². The van der Waals surface area contributed by atoms with E-state index in [0.717, 1.165) is 51.4 Å². The van der Waals surface area contributed by atoms with Crippen LogP contribution in [0.3, 0.4) is 0 Å². The molecule has 12 heteroatoms. The summed E-state index contributed by atoms with van der Waals surface area (Å²) in [6.07, 6.45) is 8.61. The van der Waals surface area contributed by atoms with Gasteiger partial charge in [-0.3, -0.25) is 0 Å². The number of unbranched alkanes of at least 4 members (excludes halogenated alkanes) is 7. The Labute approximate surface area is 297 Å². The van der Waals surface area contributed by atoms with Crippen molar-refractivity contribution in [2.45, 2.75) is 51.4 Å². The van der Waals surface area contributed by atoms with E-state index in [4.69, 9.17) is 18.3 Å². The fourth-order valence-corrected chi connectivity index (χ4v) is 5.69. The lowest BCUT2D eigenvalue weighted by molar-refractivity contribution is 0.0686. The Morgan fingerprint density at radius 3 is 1.25 bits per heavy atom. The molecule has 0 aliphatic heterocycles. The molecule has 0 radical (unpaired) electrons. The maximum atomic E-state index is 12.4. The van der Waals surface area contributed by atoms with Gasteiger partial charge in [-0.05, 0) is 97.8 Å². The summed E-state index contributed by atoms with van der Waals surface area (Å²) in [5, 5.41) is 18.9. The maximum Gasteiger partial charge on any atom is 0.347 e. The van der Waals surface area contributed by atoms with Crippen molar-refractivity contribution in [2.24, 2.45) is 0 Å². The lowest BCUT2D eigenvalue weighted by Crippen LogP contribution is -2.05. The van der Waals surface area contributed by atoms with Gasteiger partial charge in [0.1, 0.15) is 11.5 Å². The Kier molecular flexibility index (Phi) is 11.3. The number of carboxylic acids is 2. The molecule has 4 aromatic carbocycles. The average molecular weight is 705 g/mol. The van der Waals surface area contributed by atoms with Gasteiger partial charge in [0.05, 0.1) is 46.1 Å². The summed E-state index contributed by atoms with van der Waals surface area (Å²) < 4.78 is 22.5. The molecule has 0 spiro atoms. The highest BCUT2D eigenvalue weighted by Gasteiger charge is 2.13. The minimum Gasteiger partial charge on any atom is -0.494 e. The highest BCUT2D eigenvalue weighted by molar-refractivity contribution is 5.93. The molecule has 6 rings (SSSR count). The Morgan fingerprint density at radius 1 is 0.519 bits per heavy atom. The van der Waals surface area contributed by atoms with Gasteiger partial charge in [0.15, 0.2) is 0 Å². The van der Waals surface area contributed by atoms with Crippen LogP contribution in [0.15, 0.2) is 103 Å². The molecule has 2 heterocycles. The minimum atomic E-state index is -1.10. The fourth-order valence-electron chi connectivity index (χ4n) is 5.69. The summed E-state index contributed by atoms with van der Waals surface area (Å²) in [7, 11) is 0. The Bertz CT molecular complexity index is 2150. The van der Waals surface area contributed by atoms with Crippen molar-refractivity contribution < 1.29 is 38.1 Å². The molecule has 0 bridgehead atoms. The second-order valence-electron chi connectivity index (χ2n) is 12.3. The Hall–Kier alpha value is -6.30. The molecule has 0 aliphatic carbocycles. The molecular weight excluding hydrogens is 668 g/mol. The second-order valence-corrected chi connectivity index (χ2v) is 12.3. The minimum absolute atomic E-state index is 0.0440. The number of rotatable bonds is 17. The maximum absolute atomic E-state index is 12.4. The summed E-state index contributed by atoms with van der Waals surface area (Å²) in [6.45, 7) is 1.19. The number of nitrogens with zero attached hydrogens (tertiary/aromatic N) is 2. The van der Waals surface area contributed by atoms with E-state index in [1.807, 2.05) is 0 Å². The van der Waals surface area contributed by atoms with Crippen LogP contribution in [0, 0.1) is 0 Å². The standard InChI is InChI=1S/C40H36N2O10/c43-37(44)27-13-19-31-33(23-27)41-35(51-39(31)47)25-9-15-29(16-10-25)49-21-7-5-3-1-2-4-6-8-22-50-30-17-11-26(12-18-30)36-42-34-24-28(38(45)46)14-20-32(34)40(48)52-36/h9-20,23-24H,1-8,21-22H2,(H,43,44)(H,45,46).